The van der Waals surface area contributed by atoms with E-state index in [0.29, 0.717) is 16.7 Å². The first kappa shape index (κ1) is 12.6. The molecular formula is C11H16BrN3O2. The smallest absolute Gasteiger partial charge is 0.280 e. The van der Waals surface area contributed by atoms with Gasteiger partial charge in [0, 0.05) is 12.0 Å². The maximum atomic E-state index is 11.3. The minimum atomic E-state index is -0.250. The van der Waals surface area contributed by atoms with E-state index in [1.807, 2.05) is 0 Å². The maximum Gasteiger partial charge on any atom is 0.280 e. The summed E-state index contributed by atoms with van der Waals surface area (Å²) in [5.74, 6) is 0. The molecule has 0 saturated heterocycles. The largest absolute Gasteiger partial charge is 0.396 e. The Kier molecular flexibility index (Phi) is 3.83. The third kappa shape index (κ3) is 2.69. The van der Waals surface area contributed by atoms with Crippen molar-refractivity contribution in [3.8, 4) is 0 Å². The van der Waals surface area contributed by atoms with Crippen molar-refractivity contribution in [2.75, 3.05) is 18.5 Å². The number of nitrogens with one attached hydrogen (secondary N) is 2. The highest BCUT2D eigenvalue weighted by molar-refractivity contribution is 9.10. The molecule has 0 unspecified atom stereocenters. The maximum absolute atomic E-state index is 11.3. The highest BCUT2D eigenvalue weighted by Gasteiger charge is 2.33. The molecule has 1 saturated carbocycles. The fourth-order valence-corrected chi connectivity index (χ4v) is 2.64. The van der Waals surface area contributed by atoms with E-state index in [9.17, 15) is 9.90 Å². The van der Waals surface area contributed by atoms with E-state index >= 15 is 0 Å². The number of nitrogens with zero attached hydrogens (tertiary/aromatic N) is 1. The van der Waals surface area contributed by atoms with Crippen LogP contribution in [0.25, 0.3) is 0 Å². The van der Waals surface area contributed by atoms with Crippen molar-refractivity contribution in [1.29, 1.82) is 0 Å². The molecule has 0 bridgehead atoms. The number of hydrogen-bond acceptors (Lipinski definition) is 4. The van der Waals surface area contributed by atoms with Gasteiger partial charge < -0.3 is 10.4 Å². The zero-order chi connectivity index (χ0) is 12.3. The van der Waals surface area contributed by atoms with E-state index in [-0.39, 0.29) is 17.6 Å². The van der Waals surface area contributed by atoms with Crippen LogP contribution in [-0.2, 0) is 0 Å². The predicted octanol–water partition coefficient (Wildman–Crippen LogP) is 1.50. The van der Waals surface area contributed by atoms with Crippen molar-refractivity contribution in [3.05, 3.63) is 21.0 Å². The normalized spacial score (nSPS) is 18.2. The van der Waals surface area contributed by atoms with Crippen LogP contribution >= 0.6 is 15.9 Å². The number of aliphatic hydroxyl groups excluding tert-OH is 1. The highest BCUT2D eigenvalue weighted by Crippen LogP contribution is 2.37. The van der Waals surface area contributed by atoms with Crippen LogP contribution in [0.3, 0.4) is 0 Å². The molecule has 1 aromatic heterocycles. The van der Waals surface area contributed by atoms with E-state index in [1.54, 1.807) is 6.20 Å². The lowest BCUT2D eigenvalue weighted by molar-refractivity contribution is 0.142. The number of H-pyrrole nitrogens is 1. The summed E-state index contributed by atoms with van der Waals surface area (Å²) < 4.78 is 0.457. The minimum absolute atomic E-state index is 0.0396. The first-order valence-corrected chi connectivity index (χ1v) is 6.54. The number of aromatic nitrogens is 2. The van der Waals surface area contributed by atoms with E-state index in [0.717, 1.165) is 25.7 Å². The summed E-state index contributed by atoms with van der Waals surface area (Å²) in [5, 5.41) is 18.8. The topological polar surface area (TPSA) is 78.0 Å². The van der Waals surface area contributed by atoms with Crippen molar-refractivity contribution in [2.45, 2.75) is 25.7 Å². The molecule has 17 heavy (non-hydrogen) atoms. The number of aromatic amines is 1. The summed E-state index contributed by atoms with van der Waals surface area (Å²) in [5.41, 5.74) is 0.384. The average molecular weight is 302 g/mol. The van der Waals surface area contributed by atoms with Crippen LogP contribution in [0.5, 0.6) is 0 Å². The molecule has 1 heterocycles. The Balaban J connectivity index is 2.06. The van der Waals surface area contributed by atoms with Gasteiger partial charge >= 0.3 is 0 Å². The number of anilines is 1. The Bertz CT molecular complexity index is 441. The van der Waals surface area contributed by atoms with Crippen LogP contribution in [-0.4, -0.2) is 28.5 Å². The lowest BCUT2D eigenvalue weighted by Crippen LogP contribution is -2.31. The zero-order valence-corrected chi connectivity index (χ0v) is 11.1. The number of hydrogen-bond donors (Lipinski definition) is 3. The molecule has 1 aliphatic rings. The lowest BCUT2D eigenvalue weighted by atomic mass is 9.87. The first-order chi connectivity index (χ1) is 8.17. The SMILES string of the molecule is O=c1[nH]ncc(NCC2(CO)CCCC2)c1Br. The molecule has 1 aromatic rings. The van der Waals surface area contributed by atoms with Crippen LogP contribution in [0.15, 0.2) is 15.5 Å². The Morgan fingerprint density at radius 2 is 2.24 bits per heavy atom. The monoisotopic (exact) mass is 301 g/mol. The molecule has 1 aliphatic carbocycles. The van der Waals surface area contributed by atoms with Crippen LogP contribution in [0, 0.1) is 5.41 Å². The second-order valence-corrected chi connectivity index (χ2v) is 5.44. The van der Waals surface area contributed by atoms with Gasteiger partial charge in [0.05, 0.1) is 18.5 Å². The van der Waals surface area contributed by atoms with Crippen LogP contribution in [0.4, 0.5) is 5.69 Å². The fourth-order valence-electron chi connectivity index (χ4n) is 2.31. The van der Waals surface area contributed by atoms with Gasteiger partial charge in [-0.2, -0.15) is 5.10 Å². The van der Waals surface area contributed by atoms with Gasteiger partial charge in [0.1, 0.15) is 4.47 Å². The second-order valence-electron chi connectivity index (χ2n) is 4.65. The summed E-state index contributed by atoms with van der Waals surface area (Å²) in [6.07, 6.45) is 5.97. The zero-order valence-electron chi connectivity index (χ0n) is 9.50. The molecule has 3 N–H and O–H groups in total. The molecule has 0 aromatic carbocycles. The lowest BCUT2D eigenvalue weighted by Gasteiger charge is -2.27. The fraction of sp³-hybridized carbons (Fsp3) is 0.636. The molecule has 1 fully saturated rings. The quantitative estimate of drug-likeness (QED) is 0.787. The summed E-state index contributed by atoms with van der Waals surface area (Å²) in [6, 6.07) is 0. The van der Waals surface area contributed by atoms with Gasteiger partial charge in [0.2, 0.25) is 0 Å². The van der Waals surface area contributed by atoms with Crippen LogP contribution in [0.2, 0.25) is 0 Å². The van der Waals surface area contributed by atoms with Gasteiger partial charge in [0.15, 0.2) is 0 Å². The summed E-state index contributed by atoms with van der Waals surface area (Å²) >= 11 is 3.22. The van der Waals surface area contributed by atoms with Crippen LogP contribution < -0.4 is 10.9 Å². The first-order valence-electron chi connectivity index (χ1n) is 5.75. The Labute approximate surface area is 108 Å². The number of rotatable bonds is 4. The van der Waals surface area contributed by atoms with Crippen molar-refractivity contribution in [1.82, 2.24) is 10.2 Å². The standard InChI is InChI=1S/C11H16BrN3O2/c12-9-8(5-14-15-10(9)17)13-6-11(7-16)3-1-2-4-11/h5,16H,1-4,6-7H2,(H2,13,15,17). The molecule has 94 valence electrons. The van der Waals surface area contributed by atoms with Gasteiger partial charge in [-0.15, -0.1) is 0 Å². The molecule has 6 heteroatoms. The molecule has 0 amide bonds. The Hall–Kier alpha value is -0.880. The van der Waals surface area contributed by atoms with E-state index in [2.05, 4.69) is 31.4 Å². The second kappa shape index (κ2) is 5.18. The molecule has 0 atom stereocenters. The summed E-state index contributed by atoms with van der Waals surface area (Å²) in [6.45, 7) is 0.863. The van der Waals surface area contributed by atoms with Gasteiger partial charge in [-0.1, -0.05) is 12.8 Å². The molecule has 5 nitrogen and oxygen atoms in total. The Morgan fingerprint density at radius 3 is 2.88 bits per heavy atom. The number of aliphatic hydroxyl groups is 1. The third-order valence-electron chi connectivity index (χ3n) is 3.45. The molecule has 0 radical (unpaired) electrons. The van der Waals surface area contributed by atoms with Crippen molar-refractivity contribution in [3.63, 3.8) is 0 Å². The van der Waals surface area contributed by atoms with E-state index in [1.165, 1.54) is 0 Å². The molecule has 2 rings (SSSR count). The van der Waals surface area contributed by atoms with Gasteiger partial charge in [-0.3, -0.25) is 4.79 Å². The minimum Gasteiger partial charge on any atom is -0.396 e. The van der Waals surface area contributed by atoms with Gasteiger partial charge in [-0.05, 0) is 28.8 Å². The summed E-state index contributed by atoms with van der Waals surface area (Å²) in [7, 11) is 0. The third-order valence-corrected chi connectivity index (χ3v) is 4.24. The molecule has 0 spiro atoms. The van der Waals surface area contributed by atoms with Crippen molar-refractivity contribution in [2.24, 2.45) is 5.41 Å². The molecule has 0 aliphatic heterocycles. The highest BCUT2D eigenvalue weighted by atomic mass is 79.9. The summed E-state index contributed by atoms with van der Waals surface area (Å²) in [4.78, 5) is 11.3. The van der Waals surface area contributed by atoms with E-state index < -0.39 is 0 Å². The van der Waals surface area contributed by atoms with Crippen LogP contribution in [0.1, 0.15) is 25.7 Å². The average Bonchev–Trinajstić information content (AvgIpc) is 2.81. The van der Waals surface area contributed by atoms with Gasteiger partial charge in [0.25, 0.3) is 5.56 Å². The van der Waals surface area contributed by atoms with Crippen molar-refractivity contribution < 1.29 is 5.11 Å². The Morgan fingerprint density at radius 1 is 1.53 bits per heavy atom. The molecular weight excluding hydrogens is 286 g/mol. The van der Waals surface area contributed by atoms with Crippen molar-refractivity contribution >= 4 is 21.6 Å². The predicted molar refractivity (Wildman–Crippen MR) is 69.0 cm³/mol. The van der Waals surface area contributed by atoms with Gasteiger partial charge in [-0.25, -0.2) is 5.10 Å². The van der Waals surface area contributed by atoms with E-state index in [4.69, 9.17) is 0 Å². The number of halogens is 1.